The third-order valence-corrected chi connectivity index (χ3v) is 9.12. The summed E-state index contributed by atoms with van der Waals surface area (Å²) in [6.07, 6.45) is 2.76. The SMILES string of the molecule is CN(C)C1=C(N(CCC2CC2)S(=O)(=O)c2ccccc2)S(=O)(=O)c2ccccc21. The van der Waals surface area contributed by atoms with E-state index in [0.717, 1.165) is 17.1 Å². The molecule has 1 aliphatic carbocycles. The fourth-order valence-corrected chi connectivity index (χ4v) is 7.51. The Bertz CT molecular complexity index is 1170. The van der Waals surface area contributed by atoms with Gasteiger partial charge in [0.2, 0.25) is 9.84 Å². The number of benzene rings is 2. The van der Waals surface area contributed by atoms with Crippen LogP contribution in [0.25, 0.3) is 5.70 Å². The van der Waals surface area contributed by atoms with E-state index >= 15 is 0 Å². The summed E-state index contributed by atoms with van der Waals surface area (Å²) in [6, 6.07) is 14.7. The standard InChI is InChI=1S/C21H24N2O4S2/c1-22(2)20-18-10-6-7-11-19(18)28(24,25)21(20)23(15-14-16-12-13-16)29(26,27)17-8-4-3-5-9-17/h3-11,16H,12-15H2,1-2H3. The molecule has 2 aromatic carbocycles. The third-order valence-electron chi connectivity index (χ3n) is 5.33. The van der Waals surface area contributed by atoms with Gasteiger partial charge in [-0.05, 0) is 30.5 Å². The maximum atomic E-state index is 13.6. The van der Waals surface area contributed by atoms with Gasteiger partial charge in [-0.2, -0.15) is 0 Å². The molecule has 4 rings (SSSR count). The highest BCUT2D eigenvalue weighted by Gasteiger charge is 2.44. The van der Waals surface area contributed by atoms with Gasteiger partial charge in [-0.3, -0.25) is 4.31 Å². The lowest BCUT2D eigenvalue weighted by atomic mass is 10.1. The number of sulfonamides is 1. The maximum absolute atomic E-state index is 13.6. The summed E-state index contributed by atoms with van der Waals surface area (Å²) in [6.45, 7) is 0.141. The van der Waals surface area contributed by atoms with E-state index in [1.807, 2.05) is 0 Å². The second kappa shape index (κ2) is 7.18. The van der Waals surface area contributed by atoms with E-state index in [9.17, 15) is 16.8 Å². The molecule has 1 fully saturated rings. The van der Waals surface area contributed by atoms with Crippen LogP contribution in [0.4, 0.5) is 0 Å². The molecule has 2 aliphatic rings. The number of sulfone groups is 1. The fourth-order valence-electron chi connectivity index (χ4n) is 3.68. The van der Waals surface area contributed by atoms with Crippen molar-refractivity contribution in [3.63, 3.8) is 0 Å². The van der Waals surface area contributed by atoms with Crippen molar-refractivity contribution in [1.82, 2.24) is 9.21 Å². The molecule has 0 amide bonds. The Hall–Kier alpha value is -2.32. The van der Waals surface area contributed by atoms with E-state index in [2.05, 4.69) is 0 Å². The molecule has 1 saturated carbocycles. The molecular weight excluding hydrogens is 408 g/mol. The molecule has 0 unspecified atom stereocenters. The van der Waals surface area contributed by atoms with Crippen LogP contribution in [0.5, 0.6) is 0 Å². The van der Waals surface area contributed by atoms with E-state index in [4.69, 9.17) is 0 Å². The Morgan fingerprint density at radius 2 is 1.59 bits per heavy atom. The number of hydrogen-bond donors (Lipinski definition) is 0. The summed E-state index contributed by atoms with van der Waals surface area (Å²) in [5.41, 5.74) is 0.947. The molecule has 0 saturated heterocycles. The van der Waals surface area contributed by atoms with Crippen molar-refractivity contribution in [1.29, 1.82) is 0 Å². The van der Waals surface area contributed by atoms with E-state index in [1.54, 1.807) is 55.4 Å². The van der Waals surface area contributed by atoms with Gasteiger partial charge in [0.25, 0.3) is 10.0 Å². The first-order valence-corrected chi connectivity index (χ1v) is 12.5. The molecule has 0 aromatic heterocycles. The average molecular weight is 433 g/mol. The number of hydrogen-bond acceptors (Lipinski definition) is 5. The lowest BCUT2D eigenvalue weighted by Gasteiger charge is -2.27. The van der Waals surface area contributed by atoms with Gasteiger partial charge in [-0.1, -0.05) is 49.2 Å². The van der Waals surface area contributed by atoms with Crippen LogP contribution < -0.4 is 0 Å². The summed E-state index contributed by atoms with van der Waals surface area (Å²) in [4.78, 5) is 1.93. The zero-order chi connectivity index (χ0) is 20.8. The highest BCUT2D eigenvalue weighted by Crippen LogP contribution is 2.44. The van der Waals surface area contributed by atoms with Crippen molar-refractivity contribution in [3.8, 4) is 0 Å². The number of fused-ring (bicyclic) bond motifs is 1. The molecule has 1 aliphatic heterocycles. The second-order valence-corrected chi connectivity index (χ2v) is 11.4. The van der Waals surface area contributed by atoms with Crippen LogP contribution >= 0.6 is 0 Å². The molecule has 6 nitrogen and oxygen atoms in total. The Morgan fingerprint density at radius 3 is 2.21 bits per heavy atom. The normalized spacial score (nSPS) is 17.9. The maximum Gasteiger partial charge on any atom is 0.264 e. The summed E-state index contributed by atoms with van der Waals surface area (Å²) in [5, 5.41) is -0.145. The number of nitrogens with zero attached hydrogens (tertiary/aromatic N) is 2. The zero-order valence-corrected chi connectivity index (χ0v) is 18.1. The summed E-state index contributed by atoms with van der Waals surface area (Å²) < 4.78 is 55.2. The predicted molar refractivity (Wildman–Crippen MR) is 112 cm³/mol. The van der Waals surface area contributed by atoms with Gasteiger partial charge in [0, 0.05) is 26.2 Å². The van der Waals surface area contributed by atoms with Crippen LogP contribution in [-0.4, -0.2) is 46.7 Å². The molecule has 0 spiro atoms. The quantitative estimate of drug-likeness (QED) is 0.672. The fraction of sp³-hybridized carbons (Fsp3) is 0.333. The first-order valence-electron chi connectivity index (χ1n) is 9.58. The predicted octanol–water partition coefficient (Wildman–Crippen LogP) is 3.15. The van der Waals surface area contributed by atoms with Crippen LogP contribution in [0.2, 0.25) is 0 Å². The van der Waals surface area contributed by atoms with Crippen molar-refractivity contribution in [2.75, 3.05) is 20.6 Å². The van der Waals surface area contributed by atoms with Crippen molar-refractivity contribution >= 4 is 25.6 Å². The first kappa shape index (κ1) is 20.0. The largest absolute Gasteiger partial charge is 0.375 e. The molecule has 0 atom stereocenters. The van der Waals surface area contributed by atoms with E-state index in [-0.39, 0.29) is 21.4 Å². The Kier molecular flexibility index (Phi) is 4.94. The minimum atomic E-state index is -4.04. The van der Waals surface area contributed by atoms with Gasteiger partial charge in [-0.15, -0.1) is 0 Å². The van der Waals surface area contributed by atoms with Gasteiger partial charge in [0.15, 0.2) is 5.03 Å². The van der Waals surface area contributed by atoms with Crippen molar-refractivity contribution in [2.24, 2.45) is 5.92 Å². The smallest absolute Gasteiger partial charge is 0.264 e. The molecule has 154 valence electrons. The highest BCUT2D eigenvalue weighted by atomic mass is 32.2. The topological polar surface area (TPSA) is 74.8 Å². The molecule has 1 heterocycles. The monoisotopic (exact) mass is 432 g/mol. The first-order chi connectivity index (χ1) is 13.7. The van der Waals surface area contributed by atoms with Gasteiger partial charge < -0.3 is 4.90 Å². The van der Waals surface area contributed by atoms with E-state index in [1.165, 1.54) is 18.2 Å². The number of rotatable bonds is 7. The van der Waals surface area contributed by atoms with Crippen LogP contribution in [0, 0.1) is 5.92 Å². The van der Waals surface area contributed by atoms with Gasteiger partial charge in [0.05, 0.1) is 15.5 Å². The molecular formula is C21H24N2O4S2. The van der Waals surface area contributed by atoms with Gasteiger partial charge in [0.1, 0.15) is 0 Å². The van der Waals surface area contributed by atoms with Crippen molar-refractivity contribution in [3.05, 3.63) is 65.2 Å². The van der Waals surface area contributed by atoms with Crippen molar-refractivity contribution in [2.45, 2.75) is 29.1 Å². The second-order valence-electron chi connectivity index (χ2n) is 7.67. The highest BCUT2D eigenvalue weighted by molar-refractivity contribution is 7.97. The minimum absolute atomic E-state index is 0.0903. The van der Waals surface area contributed by atoms with Crippen LogP contribution in [0.15, 0.2) is 69.4 Å². The Morgan fingerprint density at radius 1 is 0.966 bits per heavy atom. The Balaban J connectivity index is 1.93. The lowest BCUT2D eigenvalue weighted by molar-refractivity contribution is 0.459. The van der Waals surface area contributed by atoms with Gasteiger partial charge in [-0.25, -0.2) is 16.8 Å². The average Bonchev–Trinajstić information content (AvgIpc) is 3.48. The zero-order valence-electron chi connectivity index (χ0n) is 16.4. The molecule has 0 N–H and O–H groups in total. The Labute approximate surface area is 172 Å². The van der Waals surface area contributed by atoms with Gasteiger partial charge >= 0.3 is 0 Å². The van der Waals surface area contributed by atoms with Crippen LogP contribution in [0.3, 0.4) is 0 Å². The summed E-state index contributed by atoms with van der Waals surface area (Å²) in [7, 11) is -4.54. The molecule has 0 bridgehead atoms. The van der Waals surface area contributed by atoms with E-state index in [0.29, 0.717) is 23.6 Å². The van der Waals surface area contributed by atoms with Crippen LogP contribution in [0.1, 0.15) is 24.8 Å². The third kappa shape index (κ3) is 3.44. The summed E-state index contributed by atoms with van der Waals surface area (Å²) >= 11 is 0. The van der Waals surface area contributed by atoms with E-state index < -0.39 is 19.9 Å². The van der Waals surface area contributed by atoms with Crippen molar-refractivity contribution < 1.29 is 16.8 Å². The minimum Gasteiger partial charge on any atom is -0.375 e. The molecule has 2 aromatic rings. The summed E-state index contributed by atoms with van der Waals surface area (Å²) in [5.74, 6) is 0.457. The lowest BCUT2D eigenvalue weighted by Crippen LogP contribution is -2.35. The molecule has 29 heavy (non-hydrogen) atoms. The van der Waals surface area contributed by atoms with Crippen LogP contribution in [-0.2, 0) is 19.9 Å². The molecule has 8 heteroatoms. The molecule has 0 radical (unpaired) electrons.